The van der Waals surface area contributed by atoms with Crippen molar-refractivity contribution in [3.05, 3.63) is 87.7 Å². The summed E-state index contributed by atoms with van der Waals surface area (Å²) in [5.74, 6) is -0.495. The monoisotopic (exact) mass is 533 g/mol. The number of hydrogen-bond acceptors (Lipinski definition) is 4. The second-order valence-corrected chi connectivity index (χ2v) is 9.84. The van der Waals surface area contributed by atoms with Gasteiger partial charge in [-0.25, -0.2) is 4.79 Å². The van der Waals surface area contributed by atoms with Crippen LogP contribution >= 0.6 is 11.6 Å². The van der Waals surface area contributed by atoms with E-state index in [1.165, 1.54) is 30.3 Å². The summed E-state index contributed by atoms with van der Waals surface area (Å²) >= 11 is 6.05. The number of aromatic nitrogens is 1. The van der Waals surface area contributed by atoms with Gasteiger partial charge in [-0.15, -0.1) is 0 Å². The Labute approximate surface area is 218 Å². The van der Waals surface area contributed by atoms with Gasteiger partial charge in [-0.3, -0.25) is 9.78 Å². The van der Waals surface area contributed by atoms with E-state index < -0.39 is 29.5 Å². The number of halogens is 4. The lowest BCUT2D eigenvalue weighted by atomic mass is 9.97. The Morgan fingerprint density at radius 1 is 0.973 bits per heavy atom. The van der Waals surface area contributed by atoms with Crippen molar-refractivity contribution in [2.24, 2.45) is 0 Å². The number of nitrogens with zero attached hydrogens (tertiary/aromatic N) is 1. The normalized spacial score (nSPS) is 11.7. The van der Waals surface area contributed by atoms with Crippen LogP contribution in [0.4, 0.5) is 18.0 Å². The molecule has 0 fully saturated rings. The molecule has 0 radical (unpaired) electrons. The number of amides is 2. The number of pyridine rings is 1. The van der Waals surface area contributed by atoms with Gasteiger partial charge in [-0.1, -0.05) is 29.8 Å². The molecule has 1 aromatic heterocycles. The average molecular weight is 534 g/mol. The van der Waals surface area contributed by atoms with Crippen molar-refractivity contribution < 1.29 is 27.5 Å². The highest BCUT2D eigenvalue weighted by Crippen LogP contribution is 2.36. The van der Waals surface area contributed by atoms with Crippen LogP contribution in [0.5, 0.6) is 0 Å². The highest BCUT2D eigenvalue weighted by molar-refractivity contribution is 6.31. The molecule has 10 heteroatoms. The van der Waals surface area contributed by atoms with Crippen LogP contribution in [-0.2, 0) is 24.0 Å². The number of aryl methyl sites for hydroxylation is 1. The highest BCUT2D eigenvalue weighted by Gasteiger charge is 2.35. The molecule has 0 unspecified atom stereocenters. The second kappa shape index (κ2) is 11.2. The molecular weight excluding hydrogens is 507 g/mol. The molecule has 2 aromatic carbocycles. The summed E-state index contributed by atoms with van der Waals surface area (Å²) in [4.78, 5) is 28.7. The number of alkyl halides is 3. The Balaban J connectivity index is 1.93. The fourth-order valence-corrected chi connectivity index (χ4v) is 3.65. The molecule has 0 spiro atoms. The lowest BCUT2D eigenvalue weighted by molar-refractivity contribution is -0.140. The van der Waals surface area contributed by atoms with Gasteiger partial charge < -0.3 is 15.4 Å². The Morgan fingerprint density at radius 2 is 1.68 bits per heavy atom. The molecule has 1 heterocycles. The van der Waals surface area contributed by atoms with Gasteiger partial charge >= 0.3 is 12.3 Å². The van der Waals surface area contributed by atoms with Gasteiger partial charge in [-0.2, -0.15) is 13.2 Å². The quantitative estimate of drug-likeness (QED) is 0.370. The van der Waals surface area contributed by atoms with Crippen LogP contribution in [-0.4, -0.2) is 22.6 Å². The first-order chi connectivity index (χ1) is 17.2. The average Bonchev–Trinajstić information content (AvgIpc) is 2.81. The van der Waals surface area contributed by atoms with Crippen LogP contribution in [0.25, 0.3) is 11.1 Å². The summed E-state index contributed by atoms with van der Waals surface area (Å²) in [5, 5.41) is 5.95. The summed E-state index contributed by atoms with van der Waals surface area (Å²) < 4.78 is 46.2. The summed E-state index contributed by atoms with van der Waals surface area (Å²) in [7, 11) is 0. The van der Waals surface area contributed by atoms with E-state index in [1.54, 1.807) is 32.9 Å². The van der Waals surface area contributed by atoms with E-state index in [0.717, 1.165) is 17.3 Å². The predicted molar refractivity (Wildman–Crippen MR) is 135 cm³/mol. The predicted octanol–water partition coefficient (Wildman–Crippen LogP) is 6.68. The van der Waals surface area contributed by atoms with Crippen LogP contribution in [0.1, 0.15) is 53.5 Å². The van der Waals surface area contributed by atoms with Crippen molar-refractivity contribution in [3.8, 4) is 11.1 Å². The van der Waals surface area contributed by atoms with Gasteiger partial charge in [-0.05, 0) is 80.3 Å². The van der Waals surface area contributed by atoms with Crippen molar-refractivity contribution in [2.75, 3.05) is 0 Å². The number of benzene rings is 2. The molecule has 3 rings (SSSR count). The molecule has 6 nitrogen and oxygen atoms in total. The second-order valence-electron chi connectivity index (χ2n) is 9.44. The molecule has 37 heavy (non-hydrogen) atoms. The van der Waals surface area contributed by atoms with E-state index in [4.69, 9.17) is 16.3 Å². The van der Waals surface area contributed by atoms with Gasteiger partial charge in [0.15, 0.2) is 5.69 Å². The third kappa shape index (κ3) is 7.95. The lowest BCUT2D eigenvalue weighted by Gasteiger charge is -2.20. The largest absolute Gasteiger partial charge is 0.444 e. The van der Waals surface area contributed by atoms with E-state index in [2.05, 4.69) is 15.6 Å². The van der Waals surface area contributed by atoms with Crippen LogP contribution in [0, 0.1) is 6.92 Å². The minimum atomic E-state index is -4.70. The standard InChI is InChI=1S/C27H27ClF3N3O3/c1-16-10-17(7-8-22(16)28)14-33-24(35)20-12-18(15-34-25(36)37-26(2,3)4)11-19(13-20)21-6-5-9-32-23(21)27(29,30)31/h5-13H,14-15H2,1-4H3,(H,33,35)(H,34,36). The van der Waals surface area contributed by atoms with E-state index in [9.17, 15) is 22.8 Å². The topological polar surface area (TPSA) is 80.3 Å². The summed E-state index contributed by atoms with van der Waals surface area (Å²) in [6.45, 7) is 7.08. The maximum atomic E-state index is 13.6. The molecular formula is C27H27ClF3N3O3. The van der Waals surface area contributed by atoms with Gasteiger partial charge in [0.25, 0.3) is 5.91 Å². The van der Waals surface area contributed by atoms with Crippen LogP contribution < -0.4 is 10.6 Å². The fraction of sp³-hybridized carbons (Fsp3) is 0.296. The Bertz CT molecular complexity index is 1300. The molecule has 2 amide bonds. The Hall–Kier alpha value is -3.59. The Morgan fingerprint density at radius 3 is 2.32 bits per heavy atom. The number of hydrogen-bond donors (Lipinski definition) is 2. The smallest absolute Gasteiger partial charge is 0.433 e. The molecule has 0 aliphatic rings. The van der Waals surface area contributed by atoms with E-state index in [1.807, 2.05) is 13.0 Å². The number of rotatable bonds is 6. The zero-order chi connectivity index (χ0) is 27.4. The summed E-state index contributed by atoms with van der Waals surface area (Å²) in [6, 6.07) is 12.4. The zero-order valence-corrected chi connectivity index (χ0v) is 21.6. The summed E-state index contributed by atoms with van der Waals surface area (Å²) in [6.07, 6.45) is -4.34. The molecule has 0 saturated heterocycles. The van der Waals surface area contributed by atoms with Gasteiger partial charge in [0.1, 0.15) is 5.60 Å². The van der Waals surface area contributed by atoms with Crippen LogP contribution in [0.2, 0.25) is 5.02 Å². The molecule has 3 aromatic rings. The van der Waals surface area contributed by atoms with Crippen molar-refractivity contribution in [2.45, 2.75) is 52.6 Å². The Kier molecular flexibility index (Phi) is 8.48. The van der Waals surface area contributed by atoms with Crippen molar-refractivity contribution in [1.29, 1.82) is 0 Å². The molecule has 196 valence electrons. The highest BCUT2D eigenvalue weighted by atomic mass is 35.5. The zero-order valence-electron chi connectivity index (χ0n) is 20.8. The number of carbonyl (C=O) groups is 2. The fourth-order valence-electron chi connectivity index (χ4n) is 3.53. The molecule has 0 bridgehead atoms. The minimum absolute atomic E-state index is 0.0684. The third-order valence-electron chi connectivity index (χ3n) is 5.15. The molecule has 2 N–H and O–H groups in total. The number of nitrogens with one attached hydrogen (secondary N) is 2. The van der Waals surface area contributed by atoms with Gasteiger partial charge in [0, 0.05) is 35.4 Å². The molecule has 0 aliphatic heterocycles. The van der Waals surface area contributed by atoms with Crippen molar-refractivity contribution >= 4 is 23.6 Å². The number of alkyl carbamates (subject to hydrolysis) is 1. The van der Waals surface area contributed by atoms with Crippen LogP contribution in [0.15, 0.2) is 54.7 Å². The first kappa shape index (κ1) is 28.0. The third-order valence-corrected chi connectivity index (χ3v) is 5.58. The molecule has 0 atom stereocenters. The van der Waals surface area contributed by atoms with Crippen LogP contribution in [0.3, 0.4) is 0 Å². The lowest BCUT2D eigenvalue weighted by Crippen LogP contribution is -2.32. The molecule has 0 saturated carbocycles. The van der Waals surface area contributed by atoms with Gasteiger partial charge in [0.2, 0.25) is 0 Å². The van der Waals surface area contributed by atoms with Gasteiger partial charge in [0.05, 0.1) is 0 Å². The molecule has 0 aliphatic carbocycles. The van der Waals surface area contributed by atoms with Crippen molar-refractivity contribution in [3.63, 3.8) is 0 Å². The van der Waals surface area contributed by atoms with Crippen molar-refractivity contribution in [1.82, 2.24) is 15.6 Å². The first-order valence-corrected chi connectivity index (χ1v) is 11.8. The van der Waals surface area contributed by atoms with E-state index in [-0.39, 0.29) is 29.8 Å². The number of ether oxygens (including phenoxy) is 1. The number of carbonyl (C=O) groups excluding carboxylic acids is 2. The first-order valence-electron chi connectivity index (χ1n) is 11.4. The minimum Gasteiger partial charge on any atom is -0.444 e. The van der Waals surface area contributed by atoms with E-state index >= 15 is 0 Å². The van der Waals surface area contributed by atoms with E-state index in [0.29, 0.717) is 10.6 Å². The summed E-state index contributed by atoms with van der Waals surface area (Å²) in [5.41, 5.74) is 0.345. The SMILES string of the molecule is Cc1cc(CNC(=O)c2cc(CNC(=O)OC(C)(C)C)cc(-c3cccnc3C(F)(F)F)c2)ccc1Cl. The maximum absolute atomic E-state index is 13.6. The maximum Gasteiger partial charge on any atom is 0.433 e.